The molecule has 1 unspecified atom stereocenters. The lowest BCUT2D eigenvalue weighted by Crippen LogP contribution is -2.41. The molecule has 164 valence electrons. The minimum atomic E-state index is -1.16. The number of ether oxygens (including phenoxy) is 1. The number of hydrazine groups is 1. The van der Waals surface area contributed by atoms with Crippen molar-refractivity contribution in [2.24, 2.45) is 5.10 Å². The van der Waals surface area contributed by atoms with E-state index >= 15 is 0 Å². The van der Waals surface area contributed by atoms with Crippen molar-refractivity contribution in [2.45, 2.75) is 45.7 Å². The van der Waals surface area contributed by atoms with Crippen LogP contribution in [0.4, 0.5) is 4.39 Å². The number of hydrazone groups is 1. The summed E-state index contributed by atoms with van der Waals surface area (Å²) in [5, 5.41) is 6.70. The van der Waals surface area contributed by atoms with Crippen molar-refractivity contribution in [1.82, 2.24) is 20.8 Å². The molecule has 0 heterocycles. The number of hydrogen-bond donors (Lipinski definition) is 2. The van der Waals surface area contributed by atoms with Crippen molar-refractivity contribution < 1.29 is 9.13 Å². The molecule has 0 saturated carbocycles. The van der Waals surface area contributed by atoms with Gasteiger partial charge in [-0.1, -0.05) is 37.3 Å². The van der Waals surface area contributed by atoms with E-state index in [-0.39, 0.29) is 11.2 Å². The number of nitrogens with one attached hydrogen (secondary N) is 2. The molecule has 0 fully saturated rings. The highest BCUT2D eigenvalue weighted by molar-refractivity contribution is 6.76. The van der Waals surface area contributed by atoms with Crippen molar-refractivity contribution >= 4 is 25.4 Å². The first-order valence-electron chi connectivity index (χ1n) is 9.71. The van der Waals surface area contributed by atoms with Crippen LogP contribution in [0.5, 0.6) is 0 Å². The molecule has 1 atom stereocenters. The second-order valence-corrected chi connectivity index (χ2v) is 14.1. The molecule has 2 N–H and O–H groups in total. The van der Waals surface area contributed by atoms with E-state index in [2.05, 4.69) is 30.5 Å². The van der Waals surface area contributed by atoms with Crippen LogP contribution in [0.1, 0.15) is 19.4 Å². The Morgan fingerprint density at radius 2 is 2.07 bits per heavy atom. The SMILES string of the molecule is CNN/C=C\N(C)C(C)N(COCC[Si](C)(C)C)/N=C(\C)c1ccc(F)c(Cl)c1. The fraction of sp³-hybridized carbons (Fsp3) is 0.550. The maximum Gasteiger partial charge on any atom is 0.141 e. The van der Waals surface area contributed by atoms with E-state index in [1.54, 1.807) is 25.4 Å². The molecule has 0 bridgehead atoms. The molecule has 1 rings (SSSR count). The molecule has 9 heteroatoms. The van der Waals surface area contributed by atoms with E-state index in [0.29, 0.717) is 13.3 Å². The summed E-state index contributed by atoms with van der Waals surface area (Å²) in [4.78, 5) is 2.01. The molecule has 0 aliphatic heterocycles. The Balaban J connectivity index is 2.96. The monoisotopic (exact) mass is 443 g/mol. The standard InChI is InChI=1S/C20H35ClFN5OSi/c1-16(18-8-9-20(22)19(21)14-18)25-27(15-28-12-13-29(5,6)7)17(2)26(4)11-10-24-23-3/h8-11,14,17,23-24H,12-13,15H2,1-7H3/b11-10-,25-16+. The van der Waals surface area contributed by atoms with Crippen LogP contribution in [0.3, 0.4) is 0 Å². The van der Waals surface area contributed by atoms with Gasteiger partial charge in [0.25, 0.3) is 0 Å². The highest BCUT2D eigenvalue weighted by atomic mass is 35.5. The van der Waals surface area contributed by atoms with E-state index < -0.39 is 13.9 Å². The Hall–Kier alpha value is -1.61. The molecule has 0 amide bonds. The van der Waals surface area contributed by atoms with E-state index in [1.807, 2.05) is 37.0 Å². The average molecular weight is 444 g/mol. The maximum absolute atomic E-state index is 13.5. The second kappa shape index (κ2) is 12.2. The topological polar surface area (TPSA) is 52.1 Å². The van der Waals surface area contributed by atoms with E-state index in [0.717, 1.165) is 17.3 Å². The lowest BCUT2D eigenvalue weighted by Gasteiger charge is -2.33. The van der Waals surface area contributed by atoms with Crippen LogP contribution in [0, 0.1) is 5.82 Å². The van der Waals surface area contributed by atoms with Crippen molar-refractivity contribution in [2.75, 3.05) is 27.4 Å². The van der Waals surface area contributed by atoms with Crippen molar-refractivity contribution in [3.05, 3.63) is 47.0 Å². The Kier molecular flexibility index (Phi) is 10.7. The highest BCUT2D eigenvalue weighted by Crippen LogP contribution is 2.17. The highest BCUT2D eigenvalue weighted by Gasteiger charge is 2.17. The zero-order valence-electron chi connectivity index (χ0n) is 18.6. The van der Waals surface area contributed by atoms with Crippen LogP contribution in [-0.2, 0) is 4.74 Å². The zero-order valence-corrected chi connectivity index (χ0v) is 20.3. The summed E-state index contributed by atoms with van der Waals surface area (Å²) in [6, 6.07) is 5.71. The van der Waals surface area contributed by atoms with E-state index in [1.165, 1.54) is 6.07 Å². The third-order valence-electron chi connectivity index (χ3n) is 4.39. The van der Waals surface area contributed by atoms with Gasteiger partial charge in [0.1, 0.15) is 18.7 Å². The normalized spacial score (nSPS) is 13.6. The predicted octanol–water partition coefficient (Wildman–Crippen LogP) is 4.29. The fourth-order valence-electron chi connectivity index (χ4n) is 2.30. The van der Waals surface area contributed by atoms with Gasteiger partial charge in [-0.3, -0.25) is 0 Å². The number of rotatable bonds is 12. The van der Waals surface area contributed by atoms with Crippen LogP contribution >= 0.6 is 11.6 Å². The Bertz CT molecular complexity index is 696. The largest absolute Gasteiger partial charge is 0.360 e. The van der Waals surface area contributed by atoms with Gasteiger partial charge in [0.15, 0.2) is 0 Å². The Labute approximate surface area is 180 Å². The summed E-state index contributed by atoms with van der Waals surface area (Å²) >= 11 is 5.93. The van der Waals surface area contributed by atoms with Crippen molar-refractivity contribution in [3.8, 4) is 0 Å². The van der Waals surface area contributed by atoms with E-state index in [9.17, 15) is 4.39 Å². The van der Waals surface area contributed by atoms with Gasteiger partial charge in [-0.15, -0.1) is 0 Å². The first-order chi connectivity index (χ1) is 13.5. The molecule has 0 aromatic heterocycles. The molecule has 0 aliphatic rings. The predicted molar refractivity (Wildman–Crippen MR) is 123 cm³/mol. The van der Waals surface area contributed by atoms with Gasteiger partial charge in [-0.2, -0.15) is 5.10 Å². The van der Waals surface area contributed by atoms with Crippen molar-refractivity contribution in [3.63, 3.8) is 0 Å². The summed E-state index contributed by atoms with van der Waals surface area (Å²) < 4.78 is 19.4. The number of halogens is 2. The Morgan fingerprint density at radius 3 is 2.66 bits per heavy atom. The van der Waals surface area contributed by atoms with Crippen LogP contribution in [0.2, 0.25) is 30.7 Å². The van der Waals surface area contributed by atoms with Gasteiger partial charge in [-0.05, 0) is 37.6 Å². The molecule has 0 spiro atoms. The van der Waals surface area contributed by atoms with Crippen molar-refractivity contribution in [1.29, 1.82) is 0 Å². The number of nitrogens with zero attached hydrogens (tertiary/aromatic N) is 3. The molecule has 0 saturated heterocycles. The lowest BCUT2D eigenvalue weighted by molar-refractivity contribution is -0.0166. The average Bonchev–Trinajstić information content (AvgIpc) is 2.64. The Morgan fingerprint density at radius 1 is 1.38 bits per heavy atom. The molecular weight excluding hydrogens is 409 g/mol. The van der Waals surface area contributed by atoms with Gasteiger partial charge in [-0.25, -0.2) is 14.8 Å². The molecule has 1 aromatic carbocycles. The van der Waals surface area contributed by atoms with Crippen LogP contribution in [0.25, 0.3) is 0 Å². The second-order valence-electron chi connectivity index (χ2n) is 8.11. The first kappa shape index (κ1) is 25.4. The summed E-state index contributed by atoms with van der Waals surface area (Å²) in [5.41, 5.74) is 7.26. The van der Waals surface area contributed by atoms with Crippen LogP contribution in [0.15, 0.2) is 35.7 Å². The summed E-state index contributed by atoms with van der Waals surface area (Å²) in [6.07, 6.45) is 3.65. The molecular formula is C20H35ClFN5OSi. The number of benzene rings is 1. The third kappa shape index (κ3) is 9.62. The minimum absolute atomic E-state index is 0.0670. The van der Waals surface area contributed by atoms with Gasteiger partial charge in [0, 0.05) is 41.2 Å². The summed E-state index contributed by atoms with van der Waals surface area (Å²) in [6.45, 7) is 12.0. The smallest absolute Gasteiger partial charge is 0.141 e. The molecule has 6 nitrogen and oxygen atoms in total. The molecule has 0 aliphatic carbocycles. The molecule has 29 heavy (non-hydrogen) atoms. The molecule has 1 aromatic rings. The van der Waals surface area contributed by atoms with Crippen LogP contribution in [-0.4, -0.2) is 57.3 Å². The maximum atomic E-state index is 13.5. The minimum Gasteiger partial charge on any atom is -0.360 e. The quantitative estimate of drug-likeness (QED) is 0.166. The molecule has 0 radical (unpaired) electrons. The fourth-order valence-corrected chi connectivity index (χ4v) is 3.24. The first-order valence-corrected chi connectivity index (χ1v) is 13.8. The van der Waals surface area contributed by atoms with Gasteiger partial charge >= 0.3 is 0 Å². The zero-order chi connectivity index (χ0) is 22.0. The van der Waals surface area contributed by atoms with Gasteiger partial charge < -0.3 is 15.1 Å². The summed E-state index contributed by atoms with van der Waals surface area (Å²) in [5.74, 6) is -0.440. The third-order valence-corrected chi connectivity index (χ3v) is 6.39. The van der Waals surface area contributed by atoms with E-state index in [4.69, 9.17) is 21.4 Å². The lowest BCUT2D eigenvalue weighted by atomic mass is 10.1. The van der Waals surface area contributed by atoms with Gasteiger partial charge in [0.05, 0.1) is 10.7 Å². The van der Waals surface area contributed by atoms with Crippen LogP contribution < -0.4 is 10.9 Å². The van der Waals surface area contributed by atoms with Gasteiger partial charge in [0.2, 0.25) is 0 Å². The summed E-state index contributed by atoms with van der Waals surface area (Å²) in [7, 11) is 2.60. The number of hydrogen-bond acceptors (Lipinski definition) is 6.